The van der Waals surface area contributed by atoms with E-state index in [4.69, 9.17) is 10.2 Å². The van der Waals surface area contributed by atoms with Crippen molar-refractivity contribution in [1.82, 2.24) is 0 Å². The third-order valence-electron chi connectivity index (χ3n) is 1.79. The van der Waals surface area contributed by atoms with E-state index >= 15 is 0 Å². The van der Waals surface area contributed by atoms with E-state index in [0.29, 0.717) is 6.54 Å². The molecule has 0 fully saturated rings. The third-order valence-corrected chi connectivity index (χ3v) is 2.97. The van der Waals surface area contributed by atoms with Gasteiger partial charge < -0.3 is 15.3 Å². The van der Waals surface area contributed by atoms with Gasteiger partial charge in [0, 0.05) is 17.2 Å². The molecule has 1 aromatic rings. The molecule has 3 N–H and O–H groups in total. The lowest BCUT2D eigenvalue weighted by atomic mass is 10.3. The molecule has 0 amide bonds. The summed E-state index contributed by atoms with van der Waals surface area (Å²) in [6.45, 7) is 2.27. The number of hydrogen-bond acceptors (Lipinski definition) is 4. The predicted octanol–water partition coefficient (Wildman–Crippen LogP) is 1.39. The first-order valence-corrected chi connectivity index (χ1v) is 5.27. The van der Waals surface area contributed by atoms with Gasteiger partial charge in [-0.3, -0.25) is 0 Å². The molecular weight excluding hydrogens is 186 g/mol. The zero-order valence-corrected chi connectivity index (χ0v) is 8.51. The normalized spacial score (nSPS) is 13.2. The average Bonchev–Trinajstić information content (AvgIpc) is 2.52. The minimum Gasteiger partial charge on any atom is -0.468 e. The summed E-state index contributed by atoms with van der Waals surface area (Å²) in [5, 5.41) is 9.19. The first-order chi connectivity index (χ1) is 6.24. The summed E-state index contributed by atoms with van der Waals surface area (Å²) < 4.78 is 5.14. The van der Waals surface area contributed by atoms with Crippen molar-refractivity contribution in [2.45, 2.75) is 24.3 Å². The van der Waals surface area contributed by atoms with Crippen molar-refractivity contribution in [3.63, 3.8) is 0 Å². The Labute approximate surface area is 82.3 Å². The first-order valence-electron chi connectivity index (χ1n) is 4.29. The Morgan fingerprint density at radius 3 is 3.00 bits per heavy atom. The Hall–Kier alpha value is -0.450. The lowest BCUT2D eigenvalue weighted by Crippen LogP contribution is -2.19. The molecule has 4 heteroatoms. The zero-order chi connectivity index (χ0) is 9.68. The number of hydrogen-bond donors (Lipinski definition) is 2. The number of furan rings is 1. The van der Waals surface area contributed by atoms with Crippen LogP contribution in [-0.4, -0.2) is 23.5 Å². The van der Waals surface area contributed by atoms with E-state index in [1.165, 1.54) is 0 Å². The van der Waals surface area contributed by atoms with Gasteiger partial charge in [-0.2, -0.15) is 0 Å². The number of aliphatic hydroxyl groups excluding tert-OH is 1. The second-order valence-electron chi connectivity index (χ2n) is 2.87. The van der Waals surface area contributed by atoms with Gasteiger partial charge in [0.15, 0.2) is 0 Å². The van der Waals surface area contributed by atoms with Crippen LogP contribution in [0.2, 0.25) is 0 Å². The van der Waals surface area contributed by atoms with E-state index < -0.39 is 0 Å². The number of aliphatic hydroxyl groups is 1. The fraction of sp³-hybridized carbons (Fsp3) is 0.556. The Bertz CT molecular complexity index is 250. The number of thioether (sulfide) groups is 1. The molecule has 1 atom stereocenters. The van der Waals surface area contributed by atoms with Crippen molar-refractivity contribution in [2.24, 2.45) is 5.73 Å². The molecule has 1 aromatic heterocycles. The second kappa shape index (κ2) is 5.32. The average molecular weight is 201 g/mol. The number of aryl methyl sites for hydroxylation is 1. The molecule has 1 rings (SSSR count). The Kier molecular flexibility index (Phi) is 4.35. The van der Waals surface area contributed by atoms with Crippen molar-refractivity contribution in [3.8, 4) is 0 Å². The fourth-order valence-corrected chi connectivity index (χ4v) is 1.96. The summed E-state index contributed by atoms with van der Waals surface area (Å²) in [4.78, 5) is 1.14. The maximum absolute atomic E-state index is 9.19. The van der Waals surface area contributed by atoms with Gasteiger partial charge in [-0.1, -0.05) is 0 Å². The van der Waals surface area contributed by atoms with Crippen LogP contribution in [0.3, 0.4) is 0 Å². The van der Waals surface area contributed by atoms with E-state index in [9.17, 15) is 5.11 Å². The standard InChI is InChI=1S/C9H15NO2S/c1-7-9(2-4-12-7)13-5-3-8(11)6-10/h2,4,8,11H,3,5-6,10H2,1H3. The molecule has 0 bridgehead atoms. The van der Waals surface area contributed by atoms with Crippen LogP contribution < -0.4 is 5.73 Å². The highest BCUT2D eigenvalue weighted by atomic mass is 32.2. The van der Waals surface area contributed by atoms with Crippen molar-refractivity contribution < 1.29 is 9.52 Å². The first kappa shape index (κ1) is 10.6. The summed E-state index contributed by atoms with van der Waals surface area (Å²) >= 11 is 1.69. The molecule has 0 radical (unpaired) electrons. The van der Waals surface area contributed by atoms with E-state index in [2.05, 4.69) is 0 Å². The van der Waals surface area contributed by atoms with Gasteiger partial charge >= 0.3 is 0 Å². The predicted molar refractivity (Wildman–Crippen MR) is 53.8 cm³/mol. The number of nitrogens with two attached hydrogens (primary N) is 1. The molecule has 0 saturated heterocycles. The summed E-state index contributed by atoms with van der Waals surface area (Å²) in [5.41, 5.74) is 5.28. The molecule has 1 unspecified atom stereocenters. The van der Waals surface area contributed by atoms with Crippen LogP contribution in [0.15, 0.2) is 21.6 Å². The molecule has 74 valence electrons. The van der Waals surface area contributed by atoms with Gasteiger partial charge in [0.05, 0.1) is 12.4 Å². The van der Waals surface area contributed by atoms with Gasteiger partial charge in [0.25, 0.3) is 0 Å². The maximum atomic E-state index is 9.19. The van der Waals surface area contributed by atoms with Gasteiger partial charge in [-0.25, -0.2) is 0 Å². The Balaban J connectivity index is 2.24. The highest BCUT2D eigenvalue weighted by Crippen LogP contribution is 2.23. The van der Waals surface area contributed by atoms with Crippen molar-refractivity contribution in [1.29, 1.82) is 0 Å². The molecule has 0 aliphatic carbocycles. The van der Waals surface area contributed by atoms with E-state index in [0.717, 1.165) is 22.8 Å². The highest BCUT2D eigenvalue weighted by molar-refractivity contribution is 7.99. The number of rotatable bonds is 5. The highest BCUT2D eigenvalue weighted by Gasteiger charge is 2.04. The van der Waals surface area contributed by atoms with Crippen LogP contribution in [0.4, 0.5) is 0 Å². The van der Waals surface area contributed by atoms with Gasteiger partial charge in [0.1, 0.15) is 5.76 Å². The minimum absolute atomic E-state index is 0.338. The quantitative estimate of drug-likeness (QED) is 0.707. The molecule has 0 aromatic carbocycles. The van der Waals surface area contributed by atoms with Crippen LogP contribution in [0.25, 0.3) is 0 Å². The summed E-state index contributed by atoms with van der Waals surface area (Å²) in [7, 11) is 0. The molecule has 3 nitrogen and oxygen atoms in total. The van der Waals surface area contributed by atoms with Gasteiger partial charge in [-0.15, -0.1) is 11.8 Å². The van der Waals surface area contributed by atoms with Crippen molar-refractivity contribution in [3.05, 3.63) is 18.1 Å². The van der Waals surface area contributed by atoms with Gasteiger partial charge in [0.2, 0.25) is 0 Å². The van der Waals surface area contributed by atoms with Crippen LogP contribution >= 0.6 is 11.8 Å². The molecule has 0 aliphatic rings. The molecule has 1 heterocycles. The van der Waals surface area contributed by atoms with Crippen LogP contribution in [0.5, 0.6) is 0 Å². The monoisotopic (exact) mass is 201 g/mol. The Morgan fingerprint density at radius 2 is 2.46 bits per heavy atom. The third kappa shape index (κ3) is 3.42. The summed E-state index contributed by atoms with van der Waals surface area (Å²) in [6, 6.07) is 1.94. The van der Waals surface area contributed by atoms with Crippen LogP contribution in [0, 0.1) is 6.92 Å². The van der Waals surface area contributed by atoms with E-state index in [1.54, 1.807) is 18.0 Å². The van der Waals surface area contributed by atoms with Gasteiger partial charge in [-0.05, 0) is 19.4 Å². The SMILES string of the molecule is Cc1occc1SCCC(O)CN. The van der Waals surface area contributed by atoms with Crippen molar-refractivity contribution in [2.75, 3.05) is 12.3 Å². The fourth-order valence-electron chi connectivity index (χ4n) is 0.946. The molecule has 0 aliphatic heterocycles. The Morgan fingerprint density at radius 1 is 1.69 bits per heavy atom. The zero-order valence-electron chi connectivity index (χ0n) is 7.69. The molecule has 0 saturated carbocycles. The summed E-state index contributed by atoms with van der Waals surface area (Å²) in [6.07, 6.45) is 2.03. The second-order valence-corrected chi connectivity index (χ2v) is 4.00. The largest absolute Gasteiger partial charge is 0.468 e. The molecule has 0 spiro atoms. The lowest BCUT2D eigenvalue weighted by Gasteiger charge is -2.05. The van der Waals surface area contributed by atoms with Crippen molar-refractivity contribution >= 4 is 11.8 Å². The molecular formula is C9H15NO2S. The minimum atomic E-state index is -0.375. The van der Waals surface area contributed by atoms with Crippen LogP contribution in [-0.2, 0) is 0 Å². The van der Waals surface area contributed by atoms with E-state index in [-0.39, 0.29) is 6.10 Å². The van der Waals surface area contributed by atoms with Crippen LogP contribution in [0.1, 0.15) is 12.2 Å². The topological polar surface area (TPSA) is 59.4 Å². The lowest BCUT2D eigenvalue weighted by molar-refractivity contribution is 0.180. The molecule has 13 heavy (non-hydrogen) atoms. The summed E-state index contributed by atoms with van der Waals surface area (Å²) in [5.74, 6) is 1.81. The maximum Gasteiger partial charge on any atom is 0.114 e. The van der Waals surface area contributed by atoms with E-state index in [1.807, 2.05) is 13.0 Å². The smallest absolute Gasteiger partial charge is 0.114 e.